The van der Waals surface area contributed by atoms with E-state index in [4.69, 9.17) is 5.26 Å². The Balaban J connectivity index is 1.70. The molecule has 172 valence electrons. The van der Waals surface area contributed by atoms with Gasteiger partial charge < -0.3 is 9.80 Å². The molecule has 2 heterocycles. The number of amides is 2. The smallest absolute Gasteiger partial charge is 0.241 e. The Labute approximate surface area is 193 Å². The van der Waals surface area contributed by atoms with Crippen molar-refractivity contribution < 1.29 is 14.0 Å². The first-order valence-corrected chi connectivity index (χ1v) is 12.2. The Morgan fingerprint density at radius 1 is 1.31 bits per heavy atom. The maximum atomic E-state index is 13.1. The van der Waals surface area contributed by atoms with Crippen LogP contribution in [0.3, 0.4) is 0 Å². The number of unbranched alkanes of at least 4 members (excludes halogenated alkanes) is 1. The molecule has 1 aromatic carbocycles. The summed E-state index contributed by atoms with van der Waals surface area (Å²) in [7, 11) is 0. The van der Waals surface area contributed by atoms with Crippen LogP contribution in [0.15, 0.2) is 36.5 Å². The number of thioether (sulfide) groups is 1. The van der Waals surface area contributed by atoms with E-state index < -0.39 is 6.17 Å². The van der Waals surface area contributed by atoms with E-state index in [1.54, 1.807) is 16.7 Å². The molecule has 2 aliphatic heterocycles. The molecule has 3 rings (SSSR count). The van der Waals surface area contributed by atoms with E-state index in [0.29, 0.717) is 13.0 Å². The number of hydrogen-bond donors (Lipinski definition) is 0. The Morgan fingerprint density at radius 2 is 2.06 bits per heavy atom. The van der Waals surface area contributed by atoms with E-state index in [0.717, 1.165) is 49.2 Å². The first-order valence-electron chi connectivity index (χ1n) is 10.8. The Kier molecular flexibility index (Phi) is 8.53. The molecular weight excluding hydrogens is 429 g/mol. The normalized spacial score (nSPS) is 21.5. The molecule has 2 fully saturated rings. The topological polar surface area (TPSA) is 70.9 Å². The van der Waals surface area contributed by atoms with E-state index in [9.17, 15) is 14.0 Å². The largest absolute Gasteiger partial charge is 0.370 e. The van der Waals surface area contributed by atoms with Crippen LogP contribution in [0, 0.1) is 17.1 Å². The zero-order chi connectivity index (χ0) is 23.1. The van der Waals surface area contributed by atoms with Crippen LogP contribution in [-0.4, -0.2) is 82.5 Å². The molecule has 2 amide bonds. The Bertz CT molecular complexity index is 859. The fourth-order valence-electron chi connectivity index (χ4n) is 4.45. The highest BCUT2D eigenvalue weighted by molar-refractivity contribution is 7.98. The van der Waals surface area contributed by atoms with Crippen LogP contribution in [0.25, 0.3) is 0 Å². The third-order valence-electron chi connectivity index (χ3n) is 6.08. The predicted octanol–water partition coefficient (Wildman–Crippen LogP) is 2.47. The average Bonchev–Trinajstić information content (AvgIpc) is 2.78. The summed E-state index contributed by atoms with van der Waals surface area (Å²) in [5, 5.41) is 12.1. The Morgan fingerprint density at radius 3 is 2.72 bits per heavy atom. The van der Waals surface area contributed by atoms with Crippen LogP contribution in [0.2, 0.25) is 0 Å². The zero-order valence-electron chi connectivity index (χ0n) is 18.5. The summed E-state index contributed by atoms with van der Waals surface area (Å²) in [5.41, 5.74) is 2.01. The van der Waals surface area contributed by atoms with E-state index in [-0.39, 0.29) is 30.9 Å². The second-order valence-corrected chi connectivity index (χ2v) is 9.05. The SMILES string of the molecule is C=C1[C@H](CCSC)N2C(=O)CN(CC#N)N(C=O)C2CN1CCCCc1ccc(F)cc1. The van der Waals surface area contributed by atoms with Crippen molar-refractivity contribution in [2.24, 2.45) is 0 Å². The van der Waals surface area contributed by atoms with Crippen molar-refractivity contribution in [2.75, 3.05) is 38.2 Å². The van der Waals surface area contributed by atoms with Gasteiger partial charge in [-0.2, -0.15) is 22.0 Å². The molecule has 2 saturated heterocycles. The molecule has 0 saturated carbocycles. The number of nitriles is 1. The minimum absolute atomic E-state index is 0.0110. The van der Waals surface area contributed by atoms with E-state index >= 15 is 0 Å². The van der Waals surface area contributed by atoms with Gasteiger partial charge in [-0.1, -0.05) is 18.7 Å². The van der Waals surface area contributed by atoms with Crippen LogP contribution >= 0.6 is 11.8 Å². The number of piperazine rings is 1. The summed E-state index contributed by atoms with van der Waals surface area (Å²) in [4.78, 5) is 28.9. The quantitative estimate of drug-likeness (QED) is 0.304. The van der Waals surface area contributed by atoms with Crippen molar-refractivity contribution in [1.82, 2.24) is 19.8 Å². The highest BCUT2D eigenvalue weighted by atomic mass is 32.2. The van der Waals surface area contributed by atoms with Gasteiger partial charge in [-0.05, 0) is 55.4 Å². The third-order valence-corrected chi connectivity index (χ3v) is 6.73. The first kappa shape index (κ1) is 24.1. The molecule has 0 aromatic heterocycles. The molecule has 0 aliphatic carbocycles. The van der Waals surface area contributed by atoms with E-state index in [1.807, 2.05) is 24.5 Å². The van der Waals surface area contributed by atoms with Gasteiger partial charge in [-0.15, -0.1) is 0 Å². The summed E-state index contributed by atoms with van der Waals surface area (Å²) in [5.74, 6) is 0.569. The molecule has 1 aromatic rings. The summed E-state index contributed by atoms with van der Waals surface area (Å²) in [6, 6.07) is 8.45. The monoisotopic (exact) mass is 459 g/mol. The average molecular weight is 460 g/mol. The van der Waals surface area contributed by atoms with Gasteiger partial charge in [0.1, 0.15) is 18.5 Å². The van der Waals surface area contributed by atoms with Gasteiger partial charge in [0, 0.05) is 12.2 Å². The number of hydrogen-bond acceptors (Lipinski definition) is 6. The highest BCUT2D eigenvalue weighted by Gasteiger charge is 2.46. The van der Waals surface area contributed by atoms with Gasteiger partial charge in [0.05, 0.1) is 25.2 Å². The first-order chi connectivity index (χ1) is 15.5. The lowest BCUT2D eigenvalue weighted by Crippen LogP contribution is -2.72. The van der Waals surface area contributed by atoms with E-state index in [2.05, 4.69) is 11.5 Å². The third kappa shape index (κ3) is 5.43. The van der Waals surface area contributed by atoms with Gasteiger partial charge >= 0.3 is 0 Å². The molecule has 2 atom stereocenters. The number of carbonyl (C=O) groups is 2. The minimum atomic E-state index is -0.448. The number of aryl methyl sites for hydroxylation is 1. The molecule has 0 spiro atoms. The lowest BCUT2D eigenvalue weighted by molar-refractivity contribution is -0.190. The summed E-state index contributed by atoms with van der Waals surface area (Å²) >= 11 is 1.71. The van der Waals surface area contributed by atoms with Gasteiger partial charge in [-0.3, -0.25) is 14.6 Å². The number of hydrazine groups is 1. The molecule has 9 heteroatoms. The van der Waals surface area contributed by atoms with Gasteiger partial charge in [0.25, 0.3) is 0 Å². The fraction of sp³-hybridized carbons (Fsp3) is 0.522. The maximum Gasteiger partial charge on any atom is 0.241 e. The van der Waals surface area contributed by atoms with Gasteiger partial charge in [-0.25, -0.2) is 4.39 Å². The number of benzene rings is 1. The zero-order valence-corrected chi connectivity index (χ0v) is 19.3. The molecule has 0 radical (unpaired) electrons. The molecule has 0 N–H and O–H groups in total. The molecule has 7 nitrogen and oxygen atoms in total. The second-order valence-electron chi connectivity index (χ2n) is 8.07. The molecular formula is C23H30FN5O2S. The van der Waals surface area contributed by atoms with Crippen molar-refractivity contribution in [3.05, 3.63) is 47.9 Å². The van der Waals surface area contributed by atoms with Crippen LogP contribution in [-0.2, 0) is 16.0 Å². The summed E-state index contributed by atoms with van der Waals surface area (Å²) in [6.45, 7) is 5.56. The van der Waals surface area contributed by atoms with Crippen molar-refractivity contribution in [3.63, 3.8) is 0 Å². The van der Waals surface area contributed by atoms with Gasteiger partial charge in [0.15, 0.2) is 0 Å². The predicted molar refractivity (Wildman–Crippen MR) is 123 cm³/mol. The van der Waals surface area contributed by atoms with E-state index in [1.165, 1.54) is 22.2 Å². The minimum Gasteiger partial charge on any atom is -0.370 e. The molecule has 0 bridgehead atoms. The van der Waals surface area contributed by atoms with Crippen LogP contribution in [0.1, 0.15) is 24.8 Å². The maximum absolute atomic E-state index is 13.1. The fourth-order valence-corrected chi connectivity index (χ4v) is 4.91. The number of nitrogens with zero attached hydrogens (tertiary/aromatic N) is 5. The summed E-state index contributed by atoms with van der Waals surface area (Å²) < 4.78 is 13.1. The second kappa shape index (κ2) is 11.3. The number of halogens is 1. The Hall–Kier alpha value is -2.57. The molecule has 1 unspecified atom stereocenters. The van der Waals surface area contributed by atoms with Crippen molar-refractivity contribution in [1.29, 1.82) is 5.26 Å². The van der Waals surface area contributed by atoms with Crippen LogP contribution < -0.4 is 0 Å². The van der Waals surface area contributed by atoms with Gasteiger partial charge in [0.2, 0.25) is 12.3 Å². The van der Waals surface area contributed by atoms with Crippen molar-refractivity contribution in [2.45, 2.75) is 37.9 Å². The molecule has 32 heavy (non-hydrogen) atoms. The van der Waals surface area contributed by atoms with Crippen LogP contribution in [0.5, 0.6) is 0 Å². The number of fused-ring (bicyclic) bond motifs is 1. The van der Waals surface area contributed by atoms with Crippen LogP contribution in [0.4, 0.5) is 4.39 Å². The summed E-state index contributed by atoms with van der Waals surface area (Å²) in [6.07, 6.45) is 5.77. The standard InChI is InChI=1S/C23H30FN5O2S/c1-18-21(10-14-32-2)29-22(28(17-30)27(13-11-25)16-23(29)31)15-26(18)12-4-3-5-19-6-8-20(24)9-7-19/h6-9,17,21-22H,1,3-5,10,12-16H2,2H3/t21-,22?/m0/s1. The van der Waals surface area contributed by atoms with Crippen molar-refractivity contribution in [3.8, 4) is 6.07 Å². The lowest BCUT2D eigenvalue weighted by Gasteiger charge is -2.55. The lowest BCUT2D eigenvalue weighted by atomic mass is 10.0. The van der Waals surface area contributed by atoms with Crippen molar-refractivity contribution >= 4 is 24.1 Å². The number of rotatable bonds is 10. The molecule has 2 aliphatic rings. The highest BCUT2D eigenvalue weighted by Crippen LogP contribution is 2.32. The number of carbonyl (C=O) groups excluding carboxylic acids is 2.